The lowest BCUT2D eigenvalue weighted by Gasteiger charge is -2.29. The highest BCUT2D eigenvalue weighted by Gasteiger charge is 2.21. The standard InChI is InChI=1S/C14H25N3O3.C8H17N.C3H8/c1-6-16-14(20)11(4)7-12(10(2)3)17(5)13(19)8-15-9-18;1-8(2)9-6-4-3-5-7-9;1-3-2/h7,9-10,12H,6,8H2,1-5H3,(H,15,18)(H,16,20);8H,3-7H2,1-2H3;3H2,1-2H3/b11-7+;;/t12-;;/m1../s1. The molecule has 1 saturated heterocycles. The molecule has 0 unspecified atom stereocenters. The minimum Gasteiger partial charge on any atom is -0.353 e. The molecule has 1 heterocycles. The second-order valence-corrected chi connectivity index (χ2v) is 8.84. The molecule has 2 N–H and O–H groups in total. The van der Waals surface area contributed by atoms with Crippen LogP contribution in [0, 0.1) is 5.92 Å². The van der Waals surface area contributed by atoms with E-state index in [0.717, 1.165) is 6.04 Å². The Bertz CT molecular complexity index is 541. The molecule has 0 aromatic carbocycles. The van der Waals surface area contributed by atoms with Crippen molar-refractivity contribution in [2.75, 3.05) is 33.2 Å². The molecule has 0 radical (unpaired) electrons. The van der Waals surface area contributed by atoms with Crippen LogP contribution in [0.1, 0.15) is 81.1 Å². The van der Waals surface area contributed by atoms with Gasteiger partial charge in [0, 0.05) is 25.2 Å². The fourth-order valence-corrected chi connectivity index (χ4v) is 3.24. The number of carbonyl (C=O) groups excluding carboxylic acids is 3. The zero-order valence-electron chi connectivity index (χ0n) is 22.2. The molecular formula is C25H50N4O3. The second kappa shape index (κ2) is 19.8. The molecule has 0 saturated carbocycles. The van der Waals surface area contributed by atoms with Gasteiger partial charge < -0.3 is 20.4 Å². The van der Waals surface area contributed by atoms with Crippen LogP contribution in [0.4, 0.5) is 0 Å². The highest BCUT2D eigenvalue weighted by atomic mass is 16.2. The minimum absolute atomic E-state index is 0.0444. The molecule has 0 aromatic heterocycles. The molecule has 0 aromatic rings. The molecule has 188 valence electrons. The van der Waals surface area contributed by atoms with Gasteiger partial charge in [-0.15, -0.1) is 0 Å². The van der Waals surface area contributed by atoms with E-state index in [-0.39, 0.29) is 30.3 Å². The predicted molar refractivity (Wildman–Crippen MR) is 134 cm³/mol. The van der Waals surface area contributed by atoms with E-state index in [0.29, 0.717) is 18.5 Å². The number of nitrogens with one attached hydrogen (secondary N) is 2. The molecule has 32 heavy (non-hydrogen) atoms. The first-order valence-corrected chi connectivity index (χ1v) is 12.2. The number of rotatable bonds is 9. The van der Waals surface area contributed by atoms with Crippen molar-refractivity contribution in [3.63, 3.8) is 0 Å². The van der Waals surface area contributed by atoms with Gasteiger partial charge in [-0.05, 0) is 59.5 Å². The van der Waals surface area contributed by atoms with Gasteiger partial charge in [0.25, 0.3) is 0 Å². The Morgan fingerprint density at radius 1 is 1.03 bits per heavy atom. The maximum atomic E-state index is 11.9. The Labute approximate surface area is 197 Å². The van der Waals surface area contributed by atoms with E-state index in [2.05, 4.69) is 43.2 Å². The zero-order valence-corrected chi connectivity index (χ0v) is 22.2. The molecule has 1 atom stereocenters. The second-order valence-electron chi connectivity index (χ2n) is 8.84. The monoisotopic (exact) mass is 454 g/mol. The van der Waals surface area contributed by atoms with Gasteiger partial charge in [0.15, 0.2) is 0 Å². The van der Waals surface area contributed by atoms with E-state index >= 15 is 0 Å². The maximum absolute atomic E-state index is 11.9. The number of nitrogens with zero attached hydrogens (tertiary/aromatic N) is 2. The summed E-state index contributed by atoms with van der Waals surface area (Å²) in [4.78, 5) is 38.0. The van der Waals surface area contributed by atoms with Gasteiger partial charge >= 0.3 is 0 Å². The van der Waals surface area contributed by atoms with Gasteiger partial charge in [0.05, 0.1) is 12.6 Å². The lowest BCUT2D eigenvalue weighted by Crippen LogP contribution is -2.43. The highest BCUT2D eigenvalue weighted by molar-refractivity contribution is 5.93. The van der Waals surface area contributed by atoms with Crippen molar-refractivity contribution in [2.45, 2.75) is 93.2 Å². The summed E-state index contributed by atoms with van der Waals surface area (Å²) in [7, 11) is 1.67. The lowest BCUT2D eigenvalue weighted by molar-refractivity contribution is -0.132. The van der Waals surface area contributed by atoms with E-state index in [1.807, 2.05) is 20.8 Å². The Morgan fingerprint density at radius 3 is 1.94 bits per heavy atom. The number of likely N-dealkylation sites (N-methyl/N-ethyl adjacent to an activating group) is 2. The van der Waals surface area contributed by atoms with Crippen molar-refractivity contribution in [1.82, 2.24) is 20.4 Å². The van der Waals surface area contributed by atoms with Crippen LogP contribution in [-0.4, -0.2) is 73.3 Å². The molecule has 0 aliphatic carbocycles. The van der Waals surface area contributed by atoms with Crippen LogP contribution < -0.4 is 10.6 Å². The summed E-state index contributed by atoms with van der Waals surface area (Å²) in [6.45, 7) is 19.5. The van der Waals surface area contributed by atoms with Crippen molar-refractivity contribution in [3.05, 3.63) is 11.6 Å². The van der Waals surface area contributed by atoms with Gasteiger partial charge in [0.1, 0.15) is 0 Å². The van der Waals surface area contributed by atoms with E-state index in [1.165, 1.54) is 38.8 Å². The van der Waals surface area contributed by atoms with Crippen LogP contribution >= 0.6 is 0 Å². The van der Waals surface area contributed by atoms with Crippen molar-refractivity contribution >= 4 is 18.2 Å². The number of piperidine rings is 1. The topological polar surface area (TPSA) is 81.8 Å². The quantitative estimate of drug-likeness (QED) is 0.412. The molecule has 3 amide bonds. The van der Waals surface area contributed by atoms with Gasteiger partial charge in [-0.3, -0.25) is 14.4 Å². The van der Waals surface area contributed by atoms with Crippen LogP contribution in [0.5, 0.6) is 0 Å². The average molecular weight is 455 g/mol. The Hall–Kier alpha value is -1.89. The summed E-state index contributed by atoms with van der Waals surface area (Å²) >= 11 is 0. The first kappa shape index (κ1) is 32.3. The average Bonchev–Trinajstić information content (AvgIpc) is 2.76. The lowest BCUT2D eigenvalue weighted by atomic mass is 10.00. The van der Waals surface area contributed by atoms with E-state index in [1.54, 1.807) is 24.9 Å². The number of hydrogen-bond donors (Lipinski definition) is 2. The van der Waals surface area contributed by atoms with Crippen LogP contribution in [0.3, 0.4) is 0 Å². The largest absolute Gasteiger partial charge is 0.353 e. The fourth-order valence-electron chi connectivity index (χ4n) is 3.24. The fraction of sp³-hybridized carbons (Fsp3) is 0.800. The number of hydrogen-bond acceptors (Lipinski definition) is 4. The first-order valence-electron chi connectivity index (χ1n) is 12.2. The summed E-state index contributed by atoms with van der Waals surface area (Å²) in [6.07, 6.45) is 7.81. The van der Waals surface area contributed by atoms with Gasteiger partial charge in [0.2, 0.25) is 18.2 Å². The van der Waals surface area contributed by atoms with Crippen molar-refractivity contribution < 1.29 is 14.4 Å². The Kier molecular flexibility index (Phi) is 19.9. The Balaban J connectivity index is 0. The van der Waals surface area contributed by atoms with Crippen LogP contribution in [0.25, 0.3) is 0 Å². The van der Waals surface area contributed by atoms with Crippen LogP contribution in [-0.2, 0) is 14.4 Å². The summed E-state index contributed by atoms with van der Waals surface area (Å²) in [6, 6.07) is 0.573. The molecule has 0 spiro atoms. The third-order valence-electron chi connectivity index (χ3n) is 5.10. The molecule has 1 aliphatic heterocycles. The Morgan fingerprint density at radius 2 is 1.56 bits per heavy atom. The van der Waals surface area contributed by atoms with Gasteiger partial charge in [-0.1, -0.05) is 46.6 Å². The summed E-state index contributed by atoms with van der Waals surface area (Å²) in [5.41, 5.74) is 0.577. The van der Waals surface area contributed by atoms with E-state index in [9.17, 15) is 14.4 Å². The predicted octanol–water partition coefficient (Wildman–Crippen LogP) is 3.59. The SMILES string of the molecule is CC(C)N1CCCCC1.CCC.CCNC(=O)/C(C)=C/[C@H](C(C)C)N(C)C(=O)CNC=O. The molecule has 7 nitrogen and oxygen atoms in total. The molecule has 7 heteroatoms. The van der Waals surface area contributed by atoms with Crippen molar-refractivity contribution in [3.8, 4) is 0 Å². The van der Waals surface area contributed by atoms with Crippen molar-refractivity contribution in [1.29, 1.82) is 0 Å². The number of likely N-dealkylation sites (tertiary alicyclic amines) is 1. The molecule has 1 fully saturated rings. The highest BCUT2D eigenvalue weighted by Crippen LogP contribution is 2.13. The zero-order chi connectivity index (χ0) is 25.1. The molecule has 1 aliphatic rings. The van der Waals surface area contributed by atoms with E-state index in [4.69, 9.17) is 0 Å². The third-order valence-corrected chi connectivity index (χ3v) is 5.10. The van der Waals surface area contributed by atoms with Crippen molar-refractivity contribution in [2.24, 2.45) is 5.92 Å². The van der Waals surface area contributed by atoms with Crippen LogP contribution in [0.15, 0.2) is 11.6 Å². The molecule has 1 rings (SSSR count). The van der Waals surface area contributed by atoms with Gasteiger partial charge in [-0.25, -0.2) is 0 Å². The molecular weight excluding hydrogens is 404 g/mol. The van der Waals surface area contributed by atoms with E-state index < -0.39 is 0 Å². The summed E-state index contributed by atoms with van der Waals surface area (Å²) < 4.78 is 0. The minimum atomic E-state index is -0.198. The van der Waals surface area contributed by atoms with Gasteiger partial charge in [-0.2, -0.15) is 0 Å². The van der Waals surface area contributed by atoms with Crippen LogP contribution in [0.2, 0.25) is 0 Å². The summed E-state index contributed by atoms with van der Waals surface area (Å²) in [5, 5.41) is 5.07. The maximum Gasteiger partial charge on any atom is 0.246 e. The summed E-state index contributed by atoms with van der Waals surface area (Å²) in [5.74, 6) is -0.176. The number of amides is 3. The smallest absolute Gasteiger partial charge is 0.246 e. The third kappa shape index (κ3) is 15.0. The first-order chi connectivity index (χ1) is 15.1. The number of carbonyl (C=O) groups is 3. The normalized spacial score (nSPS) is 15.0. The molecule has 0 bridgehead atoms.